The van der Waals surface area contributed by atoms with Crippen LogP contribution in [0.2, 0.25) is 0 Å². The summed E-state index contributed by atoms with van der Waals surface area (Å²) >= 11 is 0. The summed E-state index contributed by atoms with van der Waals surface area (Å²) in [5.74, 6) is 0.629. The second kappa shape index (κ2) is 9.83. The van der Waals surface area contributed by atoms with E-state index in [1.165, 1.54) is 25.7 Å². The fourth-order valence-electron chi connectivity index (χ4n) is 1.56. The number of rotatable bonds is 10. The van der Waals surface area contributed by atoms with Crippen molar-refractivity contribution in [3.8, 4) is 0 Å². The summed E-state index contributed by atoms with van der Waals surface area (Å²) in [5, 5.41) is 3.48. The first kappa shape index (κ1) is 15.6. The van der Waals surface area contributed by atoms with Gasteiger partial charge in [-0.05, 0) is 32.7 Å². The van der Waals surface area contributed by atoms with E-state index in [-0.39, 0.29) is 7.34 Å². The molecule has 0 aromatic rings. The molecular weight excluding hydrogens is 198 g/mol. The van der Waals surface area contributed by atoms with Gasteiger partial charge in [0.15, 0.2) is 0 Å². The third-order valence-electron chi connectivity index (χ3n) is 3.10. The van der Waals surface area contributed by atoms with Crippen LogP contribution >= 0.6 is 0 Å². The molecule has 2 nitrogen and oxygen atoms in total. The van der Waals surface area contributed by atoms with Crippen LogP contribution < -0.4 is 5.32 Å². The molecule has 0 heterocycles. The third-order valence-corrected chi connectivity index (χ3v) is 3.10. The molecule has 0 aromatic carbocycles. The van der Waals surface area contributed by atoms with E-state index in [1.54, 1.807) is 0 Å². The smallest absolute Gasteiger partial charge is 0.135 e. The largest absolute Gasteiger partial charge is 0.314 e. The number of hydrogen-bond acceptors (Lipinski definition) is 2. The fraction of sp³-hybridized carbons (Fsp3) is 0.929. The molecule has 1 unspecified atom stereocenters. The number of Topliss-reactive ketones (excluding diaryl/α,β-unsaturated/α-hetero) is 1. The maximum Gasteiger partial charge on any atom is 0.135 e. The van der Waals surface area contributed by atoms with Gasteiger partial charge in [0.1, 0.15) is 5.78 Å². The Morgan fingerprint density at radius 2 is 1.75 bits per heavy atom. The molecule has 0 rings (SSSR count). The topological polar surface area (TPSA) is 29.1 Å². The Kier molecular flexibility index (Phi) is 9.60. The lowest BCUT2D eigenvalue weighted by Crippen LogP contribution is -2.25. The number of hydrogen-bond donors (Lipinski definition) is 1. The summed E-state index contributed by atoms with van der Waals surface area (Å²) in [6.45, 7) is 9.51. The third kappa shape index (κ3) is 8.90. The Balaban J connectivity index is 0. The molecule has 0 fully saturated rings. The first-order chi connectivity index (χ1) is 7.57. The minimum absolute atomic E-state index is 0. The molecule has 0 aliphatic heterocycles. The molecule has 98 valence electrons. The molecule has 0 bridgehead atoms. The van der Waals surface area contributed by atoms with E-state index in [4.69, 9.17) is 0 Å². The number of unbranched alkanes of at least 4 members (excludes halogenated alkanes) is 3. The quantitative estimate of drug-likeness (QED) is 0.577. The summed E-state index contributed by atoms with van der Waals surface area (Å²) < 4.78 is 0. The molecule has 1 atom stereocenters. The average molecular weight is 229 g/mol. The summed E-state index contributed by atoms with van der Waals surface area (Å²) in [4.78, 5) is 11.3. The average Bonchev–Trinajstić information content (AvgIpc) is 2.26. The van der Waals surface area contributed by atoms with Gasteiger partial charge in [-0.25, -0.2) is 0 Å². The van der Waals surface area contributed by atoms with Gasteiger partial charge in [-0.15, -0.1) is 0 Å². The van der Waals surface area contributed by atoms with Crippen LogP contribution in [-0.2, 0) is 4.79 Å². The first-order valence-electron chi connectivity index (χ1n) is 6.84. The van der Waals surface area contributed by atoms with Gasteiger partial charge in [0.25, 0.3) is 0 Å². The Morgan fingerprint density at radius 1 is 1.12 bits per heavy atom. The molecule has 0 saturated heterocycles. The van der Waals surface area contributed by atoms with E-state index in [0.717, 1.165) is 19.4 Å². The van der Waals surface area contributed by atoms with Gasteiger partial charge in [0, 0.05) is 19.8 Å². The van der Waals surface area contributed by atoms with Crippen molar-refractivity contribution < 1.29 is 6.22 Å². The number of carbonyl (C=O) groups is 1. The SMILES string of the molecule is CCC(C)NCCCCCCC(=O)C(C)C.[HH]. The maximum absolute atomic E-state index is 11.3. The molecule has 0 aliphatic carbocycles. The predicted octanol–water partition coefficient (Wildman–Crippen LogP) is 3.80. The van der Waals surface area contributed by atoms with Crippen molar-refractivity contribution in [1.82, 2.24) is 5.32 Å². The highest BCUT2D eigenvalue weighted by Crippen LogP contribution is 2.07. The van der Waals surface area contributed by atoms with Crippen molar-refractivity contribution in [2.24, 2.45) is 5.92 Å². The fourth-order valence-corrected chi connectivity index (χ4v) is 1.56. The van der Waals surface area contributed by atoms with Gasteiger partial charge in [-0.3, -0.25) is 4.79 Å². The summed E-state index contributed by atoms with van der Waals surface area (Å²) in [6, 6.07) is 0.641. The minimum Gasteiger partial charge on any atom is -0.314 e. The number of ketones is 1. The van der Waals surface area contributed by atoms with Crippen molar-refractivity contribution in [2.45, 2.75) is 72.3 Å². The summed E-state index contributed by atoms with van der Waals surface area (Å²) in [7, 11) is 0. The predicted molar refractivity (Wildman–Crippen MR) is 72.8 cm³/mol. The van der Waals surface area contributed by atoms with Crippen molar-refractivity contribution in [2.75, 3.05) is 6.54 Å². The van der Waals surface area contributed by atoms with Gasteiger partial charge < -0.3 is 5.32 Å². The normalized spacial score (nSPS) is 13.1. The molecule has 0 aliphatic rings. The van der Waals surface area contributed by atoms with Crippen molar-refractivity contribution in [1.29, 1.82) is 0 Å². The zero-order valence-electron chi connectivity index (χ0n) is 11.5. The van der Waals surface area contributed by atoms with Crippen molar-refractivity contribution >= 4 is 5.78 Å². The van der Waals surface area contributed by atoms with Gasteiger partial charge in [-0.2, -0.15) is 0 Å². The Morgan fingerprint density at radius 3 is 2.31 bits per heavy atom. The van der Waals surface area contributed by atoms with Crippen molar-refractivity contribution in [3.05, 3.63) is 0 Å². The maximum atomic E-state index is 11.3. The van der Waals surface area contributed by atoms with Crippen LogP contribution in [0, 0.1) is 5.92 Å². The molecule has 1 N–H and O–H groups in total. The molecule has 16 heavy (non-hydrogen) atoms. The Bertz CT molecular complexity index is 183. The van der Waals surface area contributed by atoms with E-state index in [1.807, 2.05) is 13.8 Å². The van der Waals surface area contributed by atoms with Crippen LogP contribution in [-0.4, -0.2) is 18.4 Å². The zero-order chi connectivity index (χ0) is 12.4. The van der Waals surface area contributed by atoms with E-state index in [2.05, 4.69) is 19.2 Å². The van der Waals surface area contributed by atoms with Crippen LogP contribution in [0.3, 0.4) is 0 Å². The van der Waals surface area contributed by atoms with E-state index >= 15 is 0 Å². The minimum atomic E-state index is 0. The highest BCUT2D eigenvalue weighted by Gasteiger charge is 2.05. The van der Waals surface area contributed by atoms with E-state index in [0.29, 0.717) is 11.8 Å². The second-order valence-corrected chi connectivity index (χ2v) is 5.05. The lowest BCUT2D eigenvalue weighted by molar-refractivity contribution is -0.122. The number of carbonyl (C=O) groups excluding carboxylic acids is 1. The Labute approximate surface area is 103 Å². The highest BCUT2D eigenvalue weighted by atomic mass is 16.1. The molecule has 0 saturated carbocycles. The van der Waals surface area contributed by atoms with E-state index < -0.39 is 0 Å². The van der Waals surface area contributed by atoms with Gasteiger partial charge in [0.05, 0.1) is 0 Å². The van der Waals surface area contributed by atoms with Crippen molar-refractivity contribution in [3.63, 3.8) is 0 Å². The lowest BCUT2D eigenvalue weighted by Gasteiger charge is -2.10. The van der Waals surface area contributed by atoms with Crippen LogP contribution in [0.1, 0.15) is 67.6 Å². The van der Waals surface area contributed by atoms with Crippen LogP contribution in [0.25, 0.3) is 0 Å². The first-order valence-corrected chi connectivity index (χ1v) is 6.84. The standard InChI is InChI=1S/C14H29NO.H2/c1-5-13(4)15-11-9-7-6-8-10-14(16)12(2)3;/h12-13,15H,5-11H2,1-4H3;1H. The zero-order valence-corrected chi connectivity index (χ0v) is 11.5. The van der Waals surface area contributed by atoms with E-state index in [9.17, 15) is 4.79 Å². The van der Waals surface area contributed by atoms with Crippen LogP contribution in [0.5, 0.6) is 0 Å². The molecule has 0 aromatic heterocycles. The molecule has 2 heteroatoms. The second-order valence-electron chi connectivity index (χ2n) is 5.05. The van der Waals surface area contributed by atoms with Gasteiger partial charge in [0.2, 0.25) is 0 Å². The molecular formula is C14H31NO. The summed E-state index contributed by atoms with van der Waals surface area (Å²) in [6.07, 6.45) is 6.72. The monoisotopic (exact) mass is 229 g/mol. The molecule has 0 radical (unpaired) electrons. The molecule has 0 spiro atoms. The highest BCUT2D eigenvalue weighted by molar-refractivity contribution is 5.80. The lowest BCUT2D eigenvalue weighted by atomic mass is 10.0. The van der Waals surface area contributed by atoms with Gasteiger partial charge >= 0.3 is 0 Å². The molecule has 0 amide bonds. The van der Waals surface area contributed by atoms with Crippen LogP contribution in [0.15, 0.2) is 0 Å². The van der Waals surface area contributed by atoms with Gasteiger partial charge in [-0.1, -0.05) is 33.6 Å². The Hall–Kier alpha value is -0.370. The summed E-state index contributed by atoms with van der Waals surface area (Å²) in [5.41, 5.74) is 0. The van der Waals surface area contributed by atoms with Crippen LogP contribution in [0.4, 0.5) is 0 Å². The number of nitrogens with one attached hydrogen (secondary N) is 1.